The van der Waals surface area contributed by atoms with Crippen LogP contribution in [0, 0.1) is 0 Å². The van der Waals surface area contributed by atoms with Crippen LogP contribution in [0.15, 0.2) is 24.3 Å². The fourth-order valence-electron chi connectivity index (χ4n) is 2.08. The minimum Gasteiger partial charge on any atom is -0.479 e. The summed E-state index contributed by atoms with van der Waals surface area (Å²) in [6, 6.07) is 7.11. The van der Waals surface area contributed by atoms with Crippen molar-refractivity contribution in [1.82, 2.24) is 10.2 Å². The summed E-state index contributed by atoms with van der Waals surface area (Å²) >= 11 is 0. The molecule has 0 amide bonds. The van der Waals surface area contributed by atoms with Crippen molar-refractivity contribution in [3.8, 4) is 0 Å². The average Bonchev–Trinajstić information content (AvgIpc) is 2.40. The van der Waals surface area contributed by atoms with Crippen molar-refractivity contribution in [2.45, 2.75) is 12.6 Å². The predicted octanol–water partition coefficient (Wildman–Crippen LogP) is 0.210. The quantitative estimate of drug-likeness (QED) is 0.712. The highest BCUT2D eigenvalue weighted by atomic mass is 16.4. The van der Waals surface area contributed by atoms with E-state index < -0.39 is 12.1 Å². The molecule has 1 aliphatic heterocycles. The van der Waals surface area contributed by atoms with Crippen LogP contribution in [-0.4, -0.2) is 47.3 Å². The van der Waals surface area contributed by atoms with Crippen molar-refractivity contribution in [3.05, 3.63) is 35.4 Å². The largest absolute Gasteiger partial charge is 0.479 e. The van der Waals surface area contributed by atoms with E-state index in [4.69, 9.17) is 5.11 Å². The Balaban J connectivity index is 1.96. The van der Waals surface area contributed by atoms with Crippen LogP contribution < -0.4 is 5.32 Å². The first kappa shape index (κ1) is 13.0. The van der Waals surface area contributed by atoms with Crippen LogP contribution in [0.3, 0.4) is 0 Å². The second-order valence-electron chi connectivity index (χ2n) is 4.51. The fourth-order valence-corrected chi connectivity index (χ4v) is 2.08. The van der Waals surface area contributed by atoms with Gasteiger partial charge in [0, 0.05) is 32.7 Å². The van der Waals surface area contributed by atoms with Gasteiger partial charge in [-0.2, -0.15) is 0 Å². The second-order valence-corrected chi connectivity index (χ2v) is 4.51. The molecule has 1 aromatic carbocycles. The molecule has 0 radical (unpaired) electrons. The molecular formula is C13H18N2O3. The lowest BCUT2D eigenvalue weighted by molar-refractivity contribution is -0.146. The van der Waals surface area contributed by atoms with Gasteiger partial charge in [-0.3, -0.25) is 4.90 Å². The van der Waals surface area contributed by atoms with Crippen molar-refractivity contribution in [3.63, 3.8) is 0 Å². The van der Waals surface area contributed by atoms with Crippen LogP contribution >= 0.6 is 0 Å². The number of nitrogens with zero attached hydrogens (tertiary/aromatic N) is 1. The molecule has 0 saturated carbocycles. The first-order valence-electron chi connectivity index (χ1n) is 6.09. The maximum atomic E-state index is 10.6. The molecule has 5 heteroatoms. The molecule has 0 aliphatic carbocycles. The van der Waals surface area contributed by atoms with Crippen LogP contribution in [0.2, 0.25) is 0 Å². The molecule has 1 unspecified atom stereocenters. The number of hydrogen-bond acceptors (Lipinski definition) is 4. The monoisotopic (exact) mass is 250 g/mol. The van der Waals surface area contributed by atoms with Gasteiger partial charge in [-0.1, -0.05) is 24.3 Å². The predicted molar refractivity (Wildman–Crippen MR) is 67.2 cm³/mol. The van der Waals surface area contributed by atoms with Gasteiger partial charge in [-0.25, -0.2) is 4.79 Å². The number of benzene rings is 1. The van der Waals surface area contributed by atoms with E-state index in [1.54, 1.807) is 12.1 Å². The SMILES string of the molecule is O=C(O)C(O)c1ccc(CN2CCNCC2)cc1. The summed E-state index contributed by atoms with van der Waals surface area (Å²) in [5.41, 5.74) is 1.56. The zero-order valence-corrected chi connectivity index (χ0v) is 10.2. The Morgan fingerprint density at radius 1 is 1.28 bits per heavy atom. The normalized spacial score (nSPS) is 18.5. The fraction of sp³-hybridized carbons (Fsp3) is 0.462. The molecule has 3 N–H and O–H groups in total. The van der Waals surface area contributed by atoms with Crippen LogP contribution in [0.4, 0.5) is 0 Å². The molecular weight excluding hydrogens is 232 g/mol. The summed E-state index contributed by atoms with van der Waals surface area (Å²) in [6.07, 6.45) is -1.43. The number of aliphatic hydroxyl groups is 1. The molecule has 1 aliphatic rings. The van der Waals surface area contributed by atoms with Crippen LogP contribution in [-0.2, 0) is 11.3 Å². The minimum absolute atomic E-state index is 0.423. The van der Waals surface area contributed by atoms with E-state index >= 15 is 0 Å². The zero-order chi connectivity index (χ0) is 13.0. The lowest BCUT2D eigenvalue weighted by atomic mass is 10.1. The molecule has 1 fully saturated rings. The standard InChI is InChI=1S/C13H18N2O3/c16-12(13(17)18)11-3-1-10(2-4-11)9-15-7-5-14-6-8-15/h1-4,12,14,16H,5-9H2,(H,17,18). The van der Waals surface area contributed by atoms with Gasteiger partial charge >= 0.3 is 5.97 Å². The Kier molecular flexibility index (Phi) is 4.30. The lowest BCUT2D eigenvalue weighted by Gasteiger charge is -2.27. The number of aliphatic carboxylic acids is 1. The Labute approximate surface area is 106 Å². The van der Waals surface area contributed by atoms with E-state index in [2.05, 4.69) is 10.2 Å². The Morgan fingerprint density at radius 2 is 1.89 bits per heavy atom. The number of rotatable bonds is 4. The van der Waals surface area contributed by atoms with Gasteiger partial charge in [0.05, 0.1) is 0 Å². The van der Waals surface area contributed by atoms with Crippen LogP contribution in [0.25, 0.3) is 0 Å². The molecule has 1 saturated heterocycles. The minimum atomic E-state index is -1.43. The summed E-state index contributed by atoms with van der Waals surface area (Å²) in [5, 5.41) is 21.4. The lowest BCUT2D eigenvalue weighted by Crippen LogP contribution is -2.42. The highest BCUT2D eigenvalue weighted by Crippen LogP contribution is 2.15. The van der Waals surface area contributed by atoms with E-state index in [0.29, 0.717) is 5.56 Å². The van der Waals surface area contributed by atoms with Crippen molar-refractivity contribution < 1.29 is 15.0 Å². The molecule has 18 heavy (non-hydrogen) atoms. The summed E-state index contributed by atoms with van der Waals surface area (Å²) in [6.45, 7) is 4.94. The third-order valence-corrected chi connectivity index (χ3v) is 3.15. The smallest absolute Gasteiger partial charge is 0.337 e. The second kappa shape index (κ2) is 5.95. The van der Waals surface area contributed by atoms with Crippen molar-refractivity contribution >= 4 is 5.97 Å². The van der Waals surface area contributed by atoms with Gasteiger partial charge in [0.15, 0.2) is 6.10 Å². The Hall–Kier alpha value is -1.43. The zero-order valence-electron chi connectivity index (χ0n) is 10.2. The molecule has 0 bridgehead atoms. The number of hydrogen-bond donors (Lipinski definition) is 3. The van der Waals surface area contributed by atoms with E-state index in [1.807, 2.05) is 12.1 Å². The number of carboxylic acids is 1. The summed E-state index contributed by atoms with van der Waals surface area (Å²) < 4.78 is 0. The van der Waals surface area contributed by atoms with E-state index in [9.17, 15) is 9.90 Å². The van der Waals surface area contributed by atoms with Crippen molar-refractivity contribution in [2.75, 3.05) is 26.2 Å². The Bertz CT molecular complexity index is 399. The van der Waals surface area contributed by atoms with Gasteiger partial charge in [-0.15, -0.1) is 0 Å². The molecule has 1 atom stereocenters. The first-order valence-corrected chi connectivity index (χ1v) is 6.09. The summed E-state index contributed by atoms with van der Waals surface area (Å²) in [7, 11) is 0. The van der Waals surface area contributed by atoms with Gasteiger partial charge < -0.3 is 15.5 Å². The maximum Gasteiger partial charge on any atom is 0.337 e. The molecule has 0 aromatic heterocycles. The van der Waals surface area contributed by atoms with Gasteiger partial charge in [-0.05, 0) is 11.1 Å². The molecule has 5 nitrogen and oxygen atoms in total. The number of carboxylic acid groups (broad SMARTS) is 1. The van der Waals surface area contributed by atoms with Crippen molar-refractivity contribution in [2.24, 2.45) is 0 Å². The summed E-state index contributed by atoms with van der Waals surface area (Å²) in [5.74, 6) is -1.22. The highest BCUT2D eigenvalue weighted by Gasteiger charge is 2.15. The van der Waals surface area contributed by atoms with Gasteiger partial charge in [0.25, 0.3) is 0 Å². The number of carbonyl (C=O) groups is 1. The van der Waals surface area contributed by atoms with E-state index in [-0.39, 0.29) is 0 Å². The van der Waals surface area contributed by atoms with Gasteiger partial charge in [0.1, 0.15) is 0 Å². The molecule has 2 rings (SSSR count). The Morgan fingerprint density at radius 3 is 2.44 bits per heavy atom. The summed E-state index contributed by atoms with van der Waals surface area (Å²) in [4.78, 5) is 13.0. The van der Waals surface area contributed by atoms with Crippen LogP contribution in [0.5, 0.6) is 0 Å². The molecule has 0 spiro atoms. The molecule has 1 aromatic rings. The number of aliphatic hydroxyl groups excluding tert-OH is 1. The number of piperazine rings is 1. The molecule has 1 heterocycles. The first-order chi connectivity index (χ1) is 8.66. The van der Waals surface area contributed by atoms with E-state index in [1.165, 1.54) is 0 Å². The number of nitrogens with one attached hydrogen (secondary N) is 1. The van der Waals surface area contributed by atoms with E-state index in [0.717, 1.165) is 38.3 Å². The molecule has 98 valence electrons. The maximum absolute atomic E-state index is 10.6. The van der Waals surface area contributed by atoms with Crippen molar-refractivity contribution in [1.29, 1.82) is 0 Å². The van der Waals surface area contributed by atoms with Gasteiger partial charge in [0.2, 0.25) is 0 Å². The van der Waals surface area contributed by atoms with Crippen LogP contribution in [0.1, 0.15) is 17.2 Å². The average molecular weight is 250 g/mol. The topological polar surface area (TPSA) is 72.8 Å². The third kappa shape index (κ3) is 3.29. The third-order valence-electron chi connectivity index (χ3n) is 3.15. The highest BCUT2D eigenvalue weighted by molar-refractivity contribution is 5.73.